The van der Waals surface area contributed by atoms with Gasteiger partial charge in [0.1, 0.15) is 17.2 Å². The van der Waals surface area contributed by atoms with Crippen molar-refractivity contribution >= 4 is 17.3 Å². The van der Waals surface area contributed by atoms with Crippen molar-refractivity contribution in [1.82, 2.24) is 0 Å². The third-order valence-corrected chi connectivity index (χ3v) is 7.68. The molecule has 0 aromatic heterocycles. The van der Waals surface area contributed by atoms with Crippen LogP contribution < -0.4 is 10.5 Å². The Balaban J connectivity index is 1.55. The molecule has 2 aromatic carbocycles. The topological polar surface area (TPSA) is 206 Å². The number of hydrogen-bond donors (Lipinski definition) is 6. The molecule has 12 heteroatoms. The van der Waals surface area contributed by atoms with E-state index < -0.39 is 82.8 Å². The second kappa shape index (κ2) is 9.97. The number of aromatic hydroxyl groups is 2. The van der Waals surface area contributed by atoms with E-state index in [2.05, 4.69) is 0 Å². The van der Waals surface area contributed by atoms with Crippen molar-refractivity contribution in [2.24, 2.45) is 5.73 Å². The van der Waals surface area contributed by atoms with Gasteiger partial charge in [-0.3, -0.25) is 14.4 Å². The van der Waals surface area contributed by atoms with Gasteiger partial charge in [-0.05, 0) is 19.4 Å². The fourth-order valence-corrected chi connectivity index (χ4v) is 5.72. The number of carbonyl (C=O) groups excluding carboxylic acids is 3. The SMILES string of the molecule is COc1cccc2c1C(=O)c1c(O)c3c(c(O)c1C2=O)C[C@H](O)C[C@@H]3C(=O)C(O)O[C@H]1C[C@H](N)[C@@H](O)[C@@H](C)O1. The molecule has 1 heterocycles. The number of carbonyl (C=O) groups is 3. The average molecular weight is 544 g/mol. The van der Waals surface area contributed by atoms with Gasteiger partial charge in [0.05, 0.1) is 48.0 Å². The van der Waals surface area contributed by atoms with E-state index in [1.165, 1.54) is 25.3 Å². The lowest BCUT2D eigenvalue weighted by molar-refractivity contribution is -0.267. The highest BCUT2D eigenvalue weighted by Gasteiger charge is 2.45. The van der Waals surface area contributed by atoms with Crippen molar-refractivity contribution in [3.05, 3.63) is 51.6 Å². The van der Waals surface area contributed by atoms with E-state index >= 15 is 0 Å². The molecule has 0 spiro atoms. The van der Waals surface area contributed by atoms with E-state index in [9.17, 15) is 39.9 Å². The highest BCUT2D eigenvalue weighted by atomic mass is 16.7. The Bertz CT molecular complexity index is 1360. The van der Waals surface area contributed by atoms with Gasteiger partial charge in [-0.2, -0.15) is 0 Å². The zero-order valence-electron chi connectivity index (χ0n) is 21.2. The number of ether oxygens (including phenoxy) is 3. The molecule has 0 amide bonds. The van der Waals surface area contributed by atoms with Gasteiger partial charge in [-0.15, -0.1) is 0 Å². The first-order chi connectivity index (χ1) is 18.5. The minimum atomic E-state index is -2.09. The van der Waals surface area contributed by atoms with Gasteiger partial charge in [0.25, 0.3) is 0 Å². The summed E-state index contributed by atoms with van der Waals surface area (Å²) in [6.45, 7) is 1.55. The van der Waals surface area contributed by atoms with Gasteiger partial charge < -0.3 is 45.5 Å². The number of aliphatic hydroxyl groups is 3. The summed E-state index contributed by atoms with van der Waals surface area (Å²) < 4.78 is 16.1. The number of phenols is 2. The molecule has 1 fully saturated rings. The number of ketones is 3. The Morgan fingerprint density at radius 2 is 1.77 bits per heavy atom. The third kappa shape index (κ3) is 4.29. The summed E-state index contributed by atoms with van der Waals surface area (Å²) in [4.78, 5) is 40.3. The highest BCUT2D eigenvalue weighted by Crippen LogP contribution is 2.50. The zero-order chi connectivity index (χ0) is 28.3. The molecule has 5 rings (SSSR count). The van der Waals surface area contributed by atoms with Crippen LogP contribution in [0.25, 0.3) is 0 Å². The number of hydrogen-bond acceptors (Lipinski definition) is 12. The molecule has 1 unspecified atom stereocenters. The van der Waals surface area contributed by atoms with E-state index in [-0.39, 0.29) is 47.3 Å². The van der Waals surface area contributed by atoms with Gasteiger partial charge >= 0.3 is 0 Å². The van der Waals surface area contributed by atoms with Gasteiger partial charge in [0.15, 0.2) is 17.9 Å². The highest BCUT2D eigenvalue weighted by molar-refractivity contribution is 6.31. The molecule has 1 aliphatic heterocycles. The van der Waals surface area contributed by atoms with Crippen LogP contribution in [0.4, 0.5) is 0 Å². The van der Waals surface area contributed by atoms with Crippen molar-refractivity contribution in [3.63, 3.8) is 0 Å². The van der Waals surface area contributed by atoms with Crippen LogP contribution in [0.5, 0.6) is 17.2 Å². The molecular formula is C27H29NO11. The first-order valence-corrected chi connectivity index (χ1v) is 12.5. The van der Waals surface area contributed by atoms with Crippen LogP contribution in [0.2, 0.25) is 0 Å². The monoisotopic (exact) mass is 543 g/mol. The van der Waals surface area contributed by atoms with E-state index in [0.29, 0.717) is 0 Å². The minimum Gasteiger partial charge on any atom is -0.507 e. The smallest absolute Gasteiger partial charge is 0.218 e. The summed E-state index contributed by atoms with van der Waals surface area (Å²) in [5.41, 5.74) is 4.54. The number of Topliss-reactive ketones (excluding diaryl/α,β-unsaturated/α-hetero) is 1. The second-order valence-corrected chi connectivity index (χ2v) is 10.1. The molecule has 7 atom stereocenters. The second-order valence-electron chi connectivity index (χ2n) is 10.1. The first kappa shape index (κ1) is 27.2. The summed E-state index contributed by atoms with van der Waals surface area (Å²) in [7, 11) is 1.31. The van der Waals surface area contributed by atoms with E-state index in [1.807, 2.05) is 0 Å². The maximum atomic E-state index is 13.6. The molecule has 39 heavy (non-hydrogen) atoms. The molecule has 0 bridgehead atoms. The Labute approximate surface area is 222 Å². The summed E-state index contributed by atoms with van der Waals surface area (Å²) in [6.07, 6.45) is -6.59. The van der Waals surface area contributed by atoms with Crippen molar-refractivity contribution in [2.45, 2.75) is 69.0 Å². The Morgan fingerprint density at radius 1 is 1.08 bits per heavy atom. The number of aliphatic hydroxyl groups excluding tert-OH is 3. The van der Waals surface area contributed by atoms with E-state index in [0.717, 1.165) is 0 Å². The number of fused-ring (bicyclic) bond motifs is 3. The van der Waals surface area contributed by atoms with Crippen LogP contribution in [-0.2, 0) is 20.7 Å². The average Bonchev–Trinajstić information content (AvgIpc) is 2.90. The first-order valence-electron chi connectivity index (χ1n) is 12.5. The van der Waals surface area contributed by atoms with Crippen LogP contribution in [0.3, 0.4) is 0 Å². The number of rotatable bonds is 5. The normalized spacial score (nSPS) is 28.8. The largest absolute Gasteiger partial charge is 0.507 e. The minimum absolute atomic E-state index is 0.0167. The molecular weight excluding hydrogens is 514 g/mol. The lowest BCUT2D eigenvalue weighted by Crippen LogP contribution is -2.52. The summed E-state index contributed by atoms with van der Waals surface area (Å²) in [5, 5.41) is 53.6. The van der Waals surface area contributed by atoms with Crippen LogP contribution in [0.1, 0.15) is 68.7 Å². The molecule has 2 aliphatic carbocycles. The van der Waals surface area contributed by atoms with Crippen molar-refractivity contribution in [1.29, 1.82) is 0 Å². The van der Waals surface area contributed by atoms with E-state index in [1.54, 1.807) is 6.92 Å². The molecule has 0 radical (unpaired) electrons. The molecule has 0 saturated carbocycles. The zero-order valence-corrected chi connectivity index (χ0v) is 21.2. The molecule has 12 nitrogen and oxygen atoms in total. The standard InChI is InChI=1S/C27H29NO11/c1-9-21(30)14(28)8-16(38-9)39-27(36)24(33)13-7-10(29)6-12-17(13)25(34)20-19(23(12)32)22(31)11-4-3-5-15(37-2)18(11)26(20)35/h3-5,9-10,13-14,16,21,27,29-30,32,34,36H,6-8,28H2,1-2H3/t9-,10+,13+,14+,16+,21+,27?/m1/s1. The predicted molar refractivity (Wildman–Crippen MR) is 132 cm³/mol. The van der Waals surface area contributed by atoms with Gasteiger partial charge in [0.2, 0.25) is 12.1 Å². The number of benzene rings is 2. The summed E-state index contributed by atoms with van der Waals surface area (Å²) >= 11 is 0. The van der Waals surface area contributed by atoms with Gasteiger partial charge in [0, 0.05) is 35.6 Å². The lowest BCUT2D eigenvalue weighted by Gasteiger charge is -2.37. The van der Waals surface area contributed by atoms with Crippen LogP contribution in [-0.4, -0.2) is 86.9 Å². The van der Waals surface area contributed by atoms with Gasteiger partial charge in [-0.25, -0.2) is 0 Å². The Hall–Kier alpha value is -3.39. The number of methoxy groups -OCH3 is 1. The quantitative estimate of drug-likeness (QED) is 0.186. The maximum absolute atomic E-state index is 13.6. The fraction of sp³-hybridized carbons (Fsp3) is 0.444. The molecule has 1 saturated heterocycles. The Kier molecular flexibility index (Phi) is 6.95. The summed E-state index contributed by atoms with van der Waals surface area (Å²) in [5.74, 6) is -5.17. The number of nitrogens with two attached hydrogens (primary N) is 1. The maximum Gasteiger partial charge on any atom is 0.218 e. The third-order valence-electron chi connectivity index (χ3n) is 7.68. The predicted octanol–water partition coefficient (Wildman–Crippen LogP) is -0.000300. The lowest BCUT2D eigenvalue weighted by atomic mass is 9.72. The van der Waals surface area contributed by atoms with Crippen molar-refractivity contribution < 1.29 is 54.1 Å². The van der Waals surface area contributed by atoms with Crippen molar-refractivity contribution in [2.75, 3.05) is 7.11 Å². The molecule has 7 N–H and O–H groups in total. The number of phenolic OH excluding ortho intramolecular Hbond substituents is 2. The molecule has 208 valence electrons. The van der Waals surface area contributed by atoms with Crippen LogP contribution >= 0.6 is 0 Å². The van der Waals surface area contributed by atoms with Gasteiger partial charge in [-0.1, -0.05) is 12.1 Å². The van der Waals surface area contributed by atoms with E-state index in [4.69, 9.17) is 19.9 Å². The van der Waals surface area contributed by atoms with Crippen LogP contribution in [0, 0.1) is 0 Å². The van der Waals surface area contributed by atoms with Crippen molar-refractivity contribution in [3.8, 4) is 17.2 Å². The Morgan fingerprint density at radius 3 is 2.44 bits per heavy atom. The summed E-state index contributed by atoms with van der Waals surface area (Å²) in [6, 6.07) is 3.65. The van der Waals surface area contributed by atoms with Crippen LogP contribution in [0.15, 0.2) is 18.2 Å². The fourth-order valence-electron chi connectivity index (χ4n) is 5.72. The molecule has 3 aliphatic rings. The molecule has 2 aromatic rings.